The molecule has 2 saturated heterocycles. The first-order valence-corrected chi connectivity index (χ1v) is 5.04. The van der Waals surface area contributed by atoms with E-state index in [9.17, 15) is 4.79 Å². The van der Waals surface area contributed by atoms with Crippen molar-refractivity contribution in [3.8, 4) is 0 Å². The van der Waals surface area contributed by atoms with Crippen molar-refractivity contribution in [2.45, 2.75) is 26.7 Å². The van der Waals surface area contributed by atoms with Crippen molar-refractivity contribution in [3.05, 3.63) is 0 Å². The van der Waals surface area contributed by atoms with Crippen molar-refractivity contribution in [2.75, 3.05) is 26.8 Å². The van der Waals surface area contributed by atoms with E-state index < -0.39 is 0 Å². The van der Waals surface area contributed by atoms with Crippen LogP contribution in [0, 0.1) is 5.41 Å². The Morgan fingerprint density at radius 2 is 2.00 bits per heavy atom. The van der Waals surface area contributed by atoms with Gasteiger partial charge < -0.3 is 9.64 Å². The van der Waals surface area contributed by atoms with E-state index in [0.717, 1.165) is 26.2 Å². The lowest BCUT2D eigenvalue weighted by molar-refractivity contribution is -0.162. The molecule has 0 N–H and O–H groups in total. The van der Waals surface area contributed by atoms with Gasteiger partial charge in [-0.3, -0.25) is 4.79 Å². The Labute approximate surface area is 80.1 Å². The molecule has 2 fully saturated rings. The Balaban J connectivity index is 0.000000396. The molecule has 2 aliphatic rings. The van der Waals surface area contributed by atoms with Gasteiger partial charge in [0.15, 0.2) is 0 Å². The minimum Gasteiger partial charge on any atom is -0.380 e. The molecule has 2 rings (SSSR count). The molecule has 0 atom stereocenters. The number of hydrogen-bond donors (Lipinski definition) is 0. The third kappa shape index (κ3) is 2.02. The molecule has 2 aliphatic heterocycles. The number of ether oxygens (including phenoxy) is 1. The molecule has 13 heavy (non-hydrogen) atoms. The van der Waals surface area contributed by atoms with Gasteiger partial charge in [0, 0.05) is 25.4 Å². The first kappa shape index (κ1) is 10.5. The van der Waals surface area contributed by atoms with Crippen LogP contribution in [0.4, 0.5) is 0 Å². The summed E-state index contributed by atoms with van der Waals surface area (Å²) in [6.45, 7) is 6.60. The summed E-state index contributed by atoms with van der Waals surface area (Å²) in [7, 11) is 1.88. The zero-order chi connectivity index (χ0) is 9.90. The Bertz CT molecular complexity index is 187. The van der Waals surface area contributed by atoms with Gasteiger partial charge >= 0.3 is 0 Å². The van der Waals surface area contributed by atoms with Gasteiger partial charge in [-0.1, -0.05) is 13.8 Å². The number of piperidine rings is 1. The van der Waals surface area contributed by atoms with Crippen molar-refractivity contribution in [1.82, 2.24) is 4.90 Å². The van der Waals surface area contributed by atoms with Gasteiger partial charge in [-0.05, 0) is 6.42 Å². The van der Waals surface area contributed by atoms with Crippen molar-refractivity contribution < 1.29 is 9.53 Å². The zero-order valence-electron chi connectivity index (χ0n) is 8.80. The average Bonchev–Trinajstić information content (AvgIpc) is 2.11. The second kappa shape index (κ2) is 4.09. The molecule has 0 aliphatic carbocycles. The lowest BCUT2D eigenvalue weighted by atomic mass is 9.78. The molecular weight excluding hydrogens is 166 g/mol. The highest BCUT2D eigenvalue weighted by atomic mass is 16.5. The van der Waals surface area contributed by atoms with Crippen LogP contribution < -0.4 is 0 Å². The van der Waals surface area contributed by atoms with Gasteiger partial charge in [-0.25, -0.2) is 0 Å². The molecular formula is C10H19NO2. The number of carbonyl (C=O) groups is 1. The fraction of sp³-hybridized carbons (Fsp3) is 0.900. The maximum absolute atomic E-state index is 11.1. The molecule has 3 heteroatoms. The second-order valence-corrected chi connectivity index (χ2v) is 3.74. The van der Waals surface area contributed by atoms with Crippen LogP contribution in [0.5, 0.6) is 0 Å². The highest BCUT2D eigenvalue weighted by molar-refractivity contribution is 5.76. The summed E-state index contributed by atoms with van der Waals surface area (Å²) in [5.41, 5.74) is 0.336. The summed E-state index contributed by atoms with van der Waals surface area (Å²) in [4.78, 5) is 12.9. The molecule has 0 saturated carbocycles. The Hall–Kier alpha value is -0.570. The first-order chi connectivity index (χ1) is 6.22. The van der Waals surface area contributed by atoms with Crippen LogP contribution in [0.3, 0.4) is 0 Å². The van der Waals surface area contributed by atoms with Crippen molar-refractivity contribution >= 4 is 5.91 Å². The van der Waals surface area contributed by atoms with E-state index in [4.69, 9.17) is 4.74 Å². The summed E-state index contributed by atoms with van der Waals surface area (Å²) in [6.07, 6.45) is 1.73. The Morgan fingerprint density at radius 3 is 2.38 bits per heavy atom. The molecule has 0 bridgehead atoms. The predicted octanol–water partition coefficient (Wildman–Crippen LogP) is 1.28. The van der Waals surface area contributed by atoms with E-state index in [1.807, 2.05) is 25.8 Å². The summed E-state index contributed by atoms with van der Waals surface area (Å²) in [5.74, 6) is 0.280. The van der Waals surface area contributed by atoms with E-state index in [2.05, 4.69) is 0 Å². The van der Waals surface area contributed by atoms with Crippen molar-refractivity contribution in [3.63, 3.8) is 0 Å². The topological polar surface area (TPSA) is 29.5 Å². The molecule has 0 aromatic heterocycles. The largest absolute Gasteiger partial charge is 0.380 e. The third-order valence-electron chi connectivity index (χ3n) is 2.68. The number of hydrogen-bond acceptors (Lipinski definition) is 2. The molecule has 0 unspecified atom stereocenters. The van der Waals surface area contributed by atoms with Crippen LogP contribution in [0.1, 0.15) is 26.7 Å². The van der Waals surface area contributed by atoms with E-state index in [1.165, 1.54) is 0 Å². The maximum Gasteiger partial charge on any atom is 0.222 e. The van der Waals surface area contributed by atoms with Crippen LogP contribution >= 0.6 is 0 Å². The van der Waals surface area contributed by atoms with E-state index in [0.29, 0.717) is 11.8 Å². The molecule has 0 radical (unpaired) electrons. The van der Waals surface area contributed by atoms with E-state index in [-0.39, 0.29) is 5.91 Å². The number of likely N-dealkylation sites (tertiary alicyclic amines) is 1. The lowest BCUT2D eigenvalue weighted by Crippen LogP contribution is -2.54. The smallest absolute Gasteiger partial charge is 0.222 e. The monoisotopic (exact) mass is 185 g/mol. The highest BCUT2D eigenvalue weighted by Gasteiger charge is 2.43. The predicted molar refractivity (Wildman–Crippen MR) is 51.5 cm³/mol. The molecule has 76 valence electrons. The molecule has 0 aromatic rings. The van der Waals surface area contributed by atoms with Gasteiger partial charge in [0.25, 0.3) is 0 Å². The molecule has 1 amide bonds. The highest BCUT2D eigenvalue weighted by Crippen LogP contribution is 2.36. The fourth-order valence-electron chi connectivity index (χ4n) is 1.86. The standard InChI is InChI=1S/C8H13NO2.C2H6/c1-9-4-8(5-11-6-8)3-2-7(9)10;1-2/h2-6H2,1H3;1-2H3. The minimum absolute atomic E-state index is 0.280. The Morgan fingerprint density at radius 1 is 1.38 bits per heavy atom. The van der Waals surface area contributed by atoms with Gasteiger partial charge in [-0.2, -0.15) is 0 Å². The number of carbonyl (C=O) groups excluding carboxylic acids is 1. The van der Waals surface area contributed by atoms with Gasteiger partial charge in [0.05, 0.1) is 13.2 Å². The maximum atomic E-state index is 11.1. The summed E-state index contributed by atoms with van der Waals surface area (Å²) in [5, 5.41) is 0. The van der Waals surface area contributed by atoms with Crippen LogP contribution in [-0.2, 0) is 9.53 Å². The molecule has 2 heterocycles. The van der Waals surface area contributed by atoms with Gasteiger partial charge in [0.2, 0.25) is 5.91 Å². The first-order valence-electron chi connectivity index (χ1n) is 5.04. The van der Waals surface area contributed by atoms with Crippen LogP contribution in [0.25, 0.3) is 0 Å². The summed E-state index contributed by atoms with van der Waals surface area (Å²) in [6, 6.07) is 0. The number of nitrogens with zero attached hydrogens (tertiary/aromatic N) is 1. The average molecular weight is 185 g/mol. The quantitative estimate of drug-likeness (QED) is 0.569. The summed E-state index contributed by atoms with van der Waals surface area (Å²) >= 11 is 0. The van der Waals surface area contributed by atoms with Crippen LogP contribution in [-0.4, -0.2) is 37.6 Å². The summed E-state index contributed by atoms with van der Waals surface area (Å²) < 4.78 is 5.16. The number of amides is 1. The van der Waals surface area contributed by atoms with Crippen LogP contribution in [0.2, 0.25) is 0 Å². The van der Waals surface area contributed by atoms with Crippen molar-refractivity contribution in [2.24, 2.45) is 5.41 Å². The van der Waals surface area contributed by atoms with Crippen molar-refractivity contribution in [1.29, 1.82) is 0 Å². The van der Waals surface area contributed by atoms with E-state index >= 15 is 0 Å². The molecule has 0 aromatic carbocycles. The number of rotatable bonds is 0. The fourth-order valence-corrected chi connectivity index (χ4v) is 1.86. The van der Waals surface area contributed by atoms with Gasteiger partial charge in [-0.15, -0.1) is 0 Å². The molecule has 1 spiro atoms. The van der Waals surface area contributed by atoms with Crippen LogP contribution in [0.15, 0.2) is 0 Å². The molecule has 3 nitrogen and oxygen atoms in total. The minimum atomic E-state index is 0.280. The van der Waals surface area contributed by atoms with Gasteiger partial charge in [0.1, 0.15) is 0 Å². The lowest BCUT2D eigenvalue weighted by Gasteiger charge is -2.46. The normalized spacial score (nSPS) is 24.8. The third-order valence-corrected chi connectivity index (χ3v) is 2.68. The second-order valence-electron chi connectivity index (χ2n) is 3.74. The zero-order valence-corrected chi connectivity index (χ0v) is 8.80. The SMILES string of the molecule is CC.CN1CC2(CCC1=O)COC2. The van der Waals surface area contributed by atoms with E-state index in [1.54, 1.807) is 0 Å². The Kier molecular flexibility index (Phi) is 3.31.